The number of rotatable bonds is 7. The molecule has 6 heteroatoms. The molecule has 4 fully saturated rings. The minimum atomic E-state index is -3.94. The van der Waals surface area contributed by atoms with Crippen molar-refractivity contribution >= 4 is 27.3 Å². The molecular formula is C32H36N2O3S. The summed E-state index contributed by atoms with van der Waals surface area (Å²) < 4.78 is 28.6. The number of carbonyl (C=O) groups is 1. The maximum atomic E-state index is 13.7. The van der Waals surface area contributed by atoms with Crippen LogP contribution in [0.3, 0.4) is 0 Å². The summed E-state index contributed by atoms with van der Waals surface area (Å²) in [5.74, 6) is 2.27. The first kappa shape index (κ1) is 25.2. The van der Waals surface area contributed by atoms with Gasteiger partial charge in [-0.1, -0.05) is 42.5 Å². The molecule has 4 aliphatic rings. The van der Waals surface area contributed by atoms with Crippen LogP contribution >= 0.6 is 0 Å². The van der Waals surface area contributed by atoms with E-state index in [1.54, 1.807) is 36.4 Å². The van der Waals surface area contributed by atoms with E-state index in [0.29, 0.717) is 16.8 Å². The third-order valence-electron chi connectivity index (χ3n) is 9.28. The van der Waals surface area contributed by atoms with E-state index in [2.05, 4.69) is 17.4 Å². The Balaban J connectivity index is 1.23. The highest BCUT2D eigenvalue weighted by atomic mass is 32.2. The largest absolute Gasteiger partial charge is 0.325 e. The zero-order chi connectivity index (χ0) is 26.5. The average Bonchev–Trinajstić information content (AvgIpc) is 2.89. The predicted molar refractivity (Wildman–Crippen MR) is 152 cm³/mol. The molecule has 0 atom stereocenters. The van der Waals surface area contributed by atoms with Gasteiger partial charge in [0.05, 0.1) is 10.6 Å². The number of carbonyl (C=O) groups excluding carboxylic acids is 1. The summed E-state index contributed by atoms with van der Waals surface area (Å²) in [6.45, 7) is 3.52. The molecule has 0 heterocycles. The van der Waals surface area contributed by atoms with Gasteiger partial charge in [-0.2, -0.15) is 0 Å². The molecule has 4 saturated carbocycles. The molecule has 0 radical (unpaired) electrons. The molecule has 4 aliphatic carbocycles. The van der Waals surface area contributed by atoms with Crippen molar-refractivity contribution < 1.29 is 13.2 Å². The number of benzene rings is 3. The Labute approximate surface area is 226 Å². The Morgan fingerprint density at radius 2 is 1.45 bits per heavy atom. The van der Waals surface area contributed by atoms with E-state index < -0.39 is 10.0 Å². The molecule has 1 amide bonds. The monoisotopic (exact) mass is 528 g/mol. The number of hydrogen-bond donors (Lipinski definition) is 1. The standard InChI is InChI=1S/C32H36N2O3S/c1-22-7-6-10-30(23(22)2)34(38(36,37)29-8-4-3-5-9-29)21-31(35)33-28-13-11-27(12-14-28)32-18-24-15-25(19-32)17-26(16-24)20-32/h3-14,24-26H,15-21H2,1-2H3,(H,33,35). The number of nitrogens with zero attached hydrogens (tertiary/aromatic N) is 1. The second kappa shape index (κ2) is 9.57. The molecule has 0 unspecified atom stereocenters. The Kier molecular flexibility index (Phi) is 6.34. The van der Waals surface area contributed by atoms with Gasteiger partial charge in [-0.15, -0.1) is 0 Å². The molecule has 7 rings (SSSR count). The minimum Gasteiger partial charge on any atom is -0.325 e. The zero-order valence-corrected chi connectivity index (χ0v) is 23.0. The van der Waals surface area contributed by atoms with Crippen molar-refractivity contribution in [3.63, 3.8) is 0 Å². The van der Waals surface area contributed by atoms with Crippen LogP contribution in [0.2, 0.25) is 0 Å². The number of sulfonamides is 1. The molecule has 0 saturated heterocycles. The molecule has 0 spiro atoms. The molecule has 5 nitrogen and oxygen atoms in total. The molecule has 4 bridgehead atoms. The van der Waals surface area contributed by atoms with Gasteiger partial charge in [0.2, 0.25) is 5.91 Å². The van der Waals surface area contributed by atoms with Crippen LogP contribution in [0, 0.1) is 31.6 Å². The Morgan fingerprint density at radius 3 is 2.05 bits per heavy atom. The summed E-state index contributed by atoms with van der Waals surface area (Å²) in [6, 6.07) is 22.2. The lowest BCUT2D eigenvalue weighted by molar-refractivity contribution is -0.114. The minimum absolute atomic E-state index is 0.161. The van der Waals surface area contributed by atoms with Gasteiger partial charge < -0.3 is 5.32 Å². The summed E-state index contributed by atoms with van der Waals surface area (Å²) in [5.41, 5.74) is 4.72. The van der Waals surface area contributed by atoms with E-state index in [-0.39, 0.29) is 17.3 Å². The van der Waals surface area contributed by atoms with Crippen LogP contribution in [0.5, 0.6) is 0 Å². The molecule has 38 heavy (non-hydrogen) atoms. The number of anilines is 2. The van der Waals surface area contributed by atoms with Crippen molar-refractivity contribution in [3.8, 4) is 0 Å². The maximum Gasteiger partial charge on any atom is 0.264 e. The van der Waals surface area contributed by atoms with Crippen molar-refractivity contribution in [2.75, 3.05) is 16.2 Å². The van der Waals surface area contributed by atoms with E-state index in [1.165, 1.54) is 48.4 Å². The van der Waals surface area contributed by atoms with Gasteiger partial charge in [-0.3, -0.25) is 9.10 Å². The van der Waals surface area contributed by atoms with Crippen LogP contribution < -0.4 is 9.62 Å². The first-order valence-electron chi connectivity index (χ1n) is 13.8. The molecule has 1 N–H and O–H groups in total. The van der Waals surface area contributed by atoms with E-state index in [9.17, 15) is 13.2 Å². The summed E-state index contributed by atoms with van der Waals surface area (Å²) in [5, 5.41) is 2.96. The van der Waals surface area contributed by atoms with Crippen LogP contribution in [0.15, 0.2) is 77.7 Å². The molecular weight excluding hydrogens is 492 g/mol. The number of aryl methyl sites for hydroxylation is 1. The van der Waals surface area contributed by atoms with Crippen LogP contribution in [-0.4, -0.2) is 20.9 Å². The zero-order valence-electron chi connectivity index (χ0n) is 22.2. The van der Waals surface area contributed by atoms with Crippen molar-refractivity contribution in [1.82, 2.24) is 0 Å². The lowest BCUT2D eigenvalue weighted by Gasteiger charge is -2.57. The van der Waals surface area contributed by atoms with E-state index in [1.807, 2.05) is 38.1 Å². The molecule has 3 aromatic rings. The molecule has 198 valence electrons. The van der Waals surface area contributed by atoms with Crippen LogP contribution in [0.25, 0.3) is 0 Å². The number of nitrogens with one attached hydrogen (secondary N) is 1. The van der Waals surface area contributed by atoms with Crippen LogP contribution in [0.1, 0.15) is 55.2 Å². The van der Waals surface area contributed by atoms with Crippen molar-refractivity contribution in [2.24, 2.45) is 17.8 Å². The second-order valence-corrected chi connectivity index (χ2v) is 13.7. The van der Waals surface area contributed by atoms with Crippen LogP contribution in [0.4, 0.5) is 11.4 Å². The van der Waals surface area contributed by atoms with Crippen molar-refractivity contribution in [3.05, 3.63) is 89.5 Å². The maximum absolute atomic E-state index is 13.7. The molecule has 0 aromatic heterocycles. The topological polar surface area (TPSA) is 66.5 Å². The highest BCUT2D eigenvalue weighted by Gasteiger charge is 2.51. The highest BCUT2D eigenvalue weighted by Crippen LogP contribution is 2.60. The third kappa shape index (κ3) is 4.53. The van der Waals surface area contributed by atoms with Gasteiger partial charge in [0.15, 0.2) is 0 Å². The number of amides is 1. The summed E-state index contributed by atoms with van der Waals surface area (Å²) in [4.78, 5) is 13.4. The number of hydrogen-bond acceptors (Lipinski definition) is 3. The van der Waals surface area contributed by atoms with Crippen molar-refractivity contribution in [1.29, 1.82) is 0 Å². The first-order valence-corrected chi connectivity index (χ1v) is 15.2. The van der Waals surface area contributed by atoms with Gasteiger partial charge in [0.25, 0.3) is 10.0 Å². The van der Waals surface area contributed by atoms with Gasteiger partial charge in [0, 0.05) is 5.69 Å². The Hall–Kier alpha value is -3.12. The Bertz CT molecular complexity index is 1410. The van der Waals surface area contributed by atoms with Gasteiger partial charge in [0.1, 0.15) is 6.54 Å². The van der Waals surface area contributed by atoms with E-state index in [4.69, 9.17) is 0 Å². The lowest BCUT2D eigenvalue weighted by Crippen LogP contribution is -2.48. The predicted octanol–water partition coefficient (Wildman–Crippen LogP) is 6.61. The molecule has 0 aliphatic heterocycles. The van der Waals surface area contributed by atoms with Gasteiger partial charge in [-0.25, -0.2) is 8.42 Å². The lowest BCUT2D eigenvalue weighted by atomic mass is 9.48. The summed E-state index contributed by atoms with van der Waals surface area (Å²) >= 11 is 0. The van der Waals surface area contributed by atoms with Crippen molar-refractivity contribution in [2.45, 2.75) is 62.7 Å². The Morgan fingerprint density at radius 1 is 0.842 bits per heavy atom. The first-order chi connectivity index (χ1) is 18.2. The van der Waals surface area contributed by atoms with Gasteiger partial charge >= 0.3 is 0 Å². The average molecular weight is 529 g/mol. The summed E-state index contributed by atoms with van der Waals surface area (Å²) in [6.07, 6.45) is 8.13. The fourth-order valence-electron chi connectivity index (χ4n) is 7.73. The third-order valence-corrected chi connectivity index (χ3v) is 11.1. The fourth-order valence-corrected chi connectivity index (χ4v) is 9.23. The van der Waals surface area contributed by atoms with E-state index in [0.717, 1.165) is 28.9 Å². The second-order valence-electron chi connectivity index (χ2n) is 11.9. The quantitative estimate of drug-likeness (QED) is 0.375. The van der Waals surface area contributed by atoms with Gasteiger partial charge in [-0.05, 0) is 123 Å². The normalized spacial score (nSPS) is 25.8. The SMILES string of the molecule is Cc1cccc(N(CC(=O)Nc2ccc(C34CC5CC(CC(C5)C3)C4)cc2)S(=O)(=O)c2ccccc2)c1C. The fraction of sp³-hybridized carbons (Fsp3) is 0.406. The van der Waals surface area contributed by atoms with E-state index >= 15 is 0 Å². The highest BCUT2D eigenvalue weighted by molar-refractivity contribution is 7.92. The molecule has 3 aromatic carbocycles. The van der Waals surface area contributed by atoms with Crippen LogP contribution in [-0.2, 0) is 20.2 Å². The smallest absolute Gasteiger partial charge is 0.264 e. The summed E-state index contributed by atoms with van der Waals surface area (Å²) in [7, 11) is -3.94.